The monoisotopic (exact) mass is 200 g/mol. The molecule has 14 heavy (non-hydrogen) atoms. The molecule has 8 nitrogen and oxygen atoms in total. The van der Waals surface area contributed by atoms with Gasteiger partial charge in [-0.25, -0.2) is 15.3 Å². The number of hydrogen-bond donors (Lipinski definition) is 3. The van der Waals surface area contributed by atoms with Crippen molar-refractivity contribution in [2.75, 3.05) is 6.61 Å². The number of aryl methyl sites for hydroxylation is 1. The van der Waals surface area contributed by atoms with Crippen LogP contribution < -0.4 is 5.48 Å². The highest BCUT2D eigenvalue weighted by molar-refractivity contribution is 5.89. The van der Waals surface area contributed by atoms with E-state index in [1.165, 1.54) is 0 Å². The normalized spacial score (nSPS) is 9.79. The van der Waals surface area contributed by atoms with Crippen molar-refractivity contribution in [2.24, 2.45) is 0 Å². The van der Waals surface area contributed by atoms with Gasteiger partial charge in [0.15, 0.2) is 6.61 Å². The van der Waals surface area contributed by atoms with Gasteiger partial charge in [0, 0.05) is 0 Å². The van der Waals surface area contributed by atoms with E-state index in [0.717, 1.165) is 0 Å². The number of aromatic nitrogens is 3. The quantitative estimate of drug-likeness (QED) is 0.529. The summed E-state index contributed by atoms with van der Waals surface area (Å²) in [5, 5.41) is 14.2. The second-order valence-electron chi connectivity index (χ2n) is 2.36. The van der Waals surface area contributed by atoms with Crippen molar-refractivity contribution in [2.45, 2.75) is 6.92 Å². The Morgan fingerprint density at radius 3 is 2.86 bits per heavy atom. The second-order valence-corrected chi connectivity index (χ2v) is 2.36. The average molecular weight is 200 g/mol. The first-order valence-electron chi connectivity index (χ1n) is 3.62. The zero-order valence-electron chi connectivity index (χ0n) is 7.27. The molecular formula is C6H8N4O4. The molecule has 1 aromatic rings. The van der Waals surface area contributed by atoms with E-state index in [4.69, 9.17) is 5.11 Å². The van der Waals surface area contributed by atoms with Crippen molar-refractivity contribution in [3.8, 4) is 0 Å². The van der Waals surface area contributed by atoms with E-state index in [0.29, 0.717) is 5.82 Å². The summed E-state index contributed by atoms with van der Waals surface area (Å²) < 4.78 is 0. The molecule has 0 radical (unpaired) electrons. The van der Waals surface area contributed by atoms with Crippen LogP contribution in [0.25, 0.3) is 0 Å². The molecule has 0 aliphatic carbocycles. The van der Waals surface area contributed by atoms with Crippen LogP contribution in [0.1, 0.15) is 16.4 Å². The van der Waals surface area contributed by atoms with Gasteiger partial charge >= 0.3 is 11.9 Å². The highest BCUT2D eigenvalue weighted by Crippen LogP contribution is 1.89. The minimum Gasteiger partial charge on any atom is -0.479 e. The van der Waals surface area contributed by atoms with Crippen LogP contribution >= 0.6 is 0 Å². The number of amides is 1. The number of carboxylic acids is 1. The van der Waals surface area contributed by atoms with Crippen molar-refractivity contribution < 1.29 is 19.5 Å². The number of carbonyl (C=O) groups excluding carboxylic acids is 1. The summed E-state index contributed by atoms with van der Waals surface area (Å²) >= 11 is 0. The Balaban J connectivity index is 2.39. The lowest BCUT2D eigenvalue weighted by Crippen LogP contribution is -2.27. The molecule has 0 spiro atoms. The first-order chi connectivity index (χ1) is 6.59. The van der Waals surface area contributed by atoms with E-state index in [2.05, 4.69) is 20.0 Å². The van der Waals surface area contributed by atoms with Gasteiger partial charge in [0.05, 0.1) is 0 Å². The highest BCUT2D eigenvalue weighted by atomic mass is 16.7. The van der Waals surface area contributed by atoms with Crippen LogP contribution in [0.4, 0.5) is 0 Å². The SMILES string of the molecule is Cc1nc(C(=O)NOCC(=O)O)n[nH]1. The Morgan fingerprint density at radius 2 is 2.36 bits per heavy atom. The molecule has 0 unspecified atom stereocenters. The Kier molecular flexibility index (Phi) is 3.13. The molecule has 0 atom stereocenters. The van der Waals surface area contributed by atoms with Crippen molar-refractivity contribution >= 4 is 11.9 Å². The summed E-state index contributed by atoms with van der Waals surface area (Å²) in [6.45, 7) is 1.01. The zero-order chi connectivity index (χ0) is 10.6. The summed E-state index contributed by atoms with van der Waals surface area (Å²) in [4.78, 5) is 29.1. The molecule has 0 aliphatic heterocycles. The number of carbonyl (C=O) groups is 2. The summed E-state index contributed by atoms with van der Waals surface area (Å²) in [7, 11) is 0. The zero-order valence-corrected chi connectivity index (χ0v) is 7.27. The van der Waals surface area contributed by atoms with Gasteiger partial charge in [-0.15, -0.1) is 5.10 Å². The van der Waals surface area contributed by atoms with E-state index >= 15 is 0 Å². The maximum Gasteiger partial charge on any atom is 0.332 e. The molecule has 1 amide bonds. The number of H-pyrrole nitrogens is 1. The fourth-order valence-corrected chi connectivity index (χ4v) is 0.653. The summed E-state index contributed by atoms with van der Waals surface area (Å²) in [6, 6.07) is 0. The third-order valence-corrected chi connectivity index (χ3v) is 1.16. The summed E-state index contributed by atoms with van der Waals surface area (Å²) in [6.07, 6.45) is 0. The van der Waals surface area contributed by atoms with Crippen molar-refractivity contribution in [3.05, 3.63) is 11.6 Å². The van der Waals surface area contributed by atoms with E-state index in [9.17, 15) is 9.59 Å². The maximum atomic E-state index is 11.1. The van der Waals surface area contributed by atoms with Gasteiger partial charge in [-0.05, 0) is 6.92 Å². The van der Waals surface area contributed by atoms with Crippen LogP contribution in [0.3, 0.4) is 0 Å². The Bertz CT molecular complexity index is 347. The Labute approximate surface area is 78.2 Å². The average Bonchev–Trinajstić information content (AvgIpc) is 2.51. The lowest BCUT2D eigenvalue weighted by atomic mass is 10.6. The predicted octanol–water partition coefficient (Wildman–Crippen LogP) is -1.14. The second kappa shape index (κ2) is 4.33. The number of nitrogens with one attached hydrogen (secondary N) is 2. The largest absolute Gasteiger partial charge is 0.479 e. The fraction of sp³-hybridized carbons (Fsp3) is 0.333. The van der Waals surface area contributed by atoms with Gasteiger partial charge in [0.25, 0.3) is 0 Å². The standard InChI is InChI=1S/C6H8N4O4/c1-3-7-5(9-8-3)6(13)10-14-2-4(11)12/h2H2,1H3,(H,10,13)(H,11,12)(H,7,8,9). The number of carboxylic acid groups (broad SMARTS) is 1. The minimum atomic E-state index is -1.18. The van der Waals surface area contributed by atoms with Crippen molar-refractivity contribution in [3.63, 3.8) is 0 Å². The number of aliphatic carboxylic acids is 1. The van der Waals surface area contributed by atoms with Crippen LogP contribution in [0, 0.1) is 6.92 Å². The topological polar surface area (TPSA) is 117 Å². The molecule has 0 aliphatic rings. The number of rotatable bonds is 4. The molecule has 76 valence electrons. The number of hydrogen-bond acceptors (Lipinski definition) is 5. The molecule has 0 saturated carbocycles. The lowest BCUT2D eigenvalue weighted by Gasteiger charge is -1.99. The van der Waals surface area contributed by atoms with Gasteiger partial charge in [-0.3, -0.25) is 14.7 Å². The van der Waals surface area contributed by atoms with Crippen molar-refractivity contribution in [1.29, 1.82) is 0 Å². The first-order valence-corrected chi connectivity index (χ1v) is 3.62. The highest BCUT2D eigenvalue weighted by Gasteiger charge is 2.11. The smallest absolute Gasteiger partial charge is 0.332 e. The third kappa shape index (κ3) is 2.83. The molecule has 0 saturated heterocycles. The molecule has 1 aromatic heterocycles. The Hall–Kier alpha value is -1.96. The van der Waals surface area contributed by atoms with Gasteiger partial charge in [0.1, 0.15) is 5.82 Å². The number of nitrogens with zero attached hydrogens (tertiary/aromatic N) is 2. The molecule has 8 heteroatoms. The molecule has 1 rings (SSSR count). The lowest BCUT2D eigenvalue weighted by molar-refractivity contribution is -0.144. The molecule has 3 N–H and O–H groups in total. The van der Waals surface area contributed by atoms with E-state index in [-0.39, 0.29) is 5.82 Å². The van der Waals surface area contributed by atoms with Crippen LogP contribution in [0.5, 0.6) is 0 Å². The van der Waals surface area contributed by atoms with Gasteiger partial charge in [-0.1, -0.05) is 0 Å². The molecule has 0 aromatic carbocycles. The Morgan fingerprint density at radius 1 is 1.64 bits per heavy atom. The summed E-state index contributed by atoms with van der Waals surface area (Å²) in [5.74, 6) is -1.51. The number of hydroxylamine groups is 1. The summed E-state index contributed by atoms with van der Waals surface area (Å²) in [5.41, 5.74) is 1.88. The maximum absolute atomic E-state index is 11.1. The van der Waals surface area contributed by atoms with Gasteiger partial charge in [0.2, 0.25) is 5.82 Å². The van der Waals surface area contributed by atoms with E-state index < -0.39 is 18.5 Å². The predicted molar refractivity (Wildman–Crippen MR) is 42.2 cm³/mol. The van der Waals surface area contributed by atoms with Crippen LogP contribution in [0.2, 0.25) is 0 Å². The molecule has 0 fully saturated rings. The minimum absolute atomic E-state index is 0.104. The van der Waals surface area contributed by atoms with E-state index in [1.54, 1.807) is 6.92 Å². The van der Waals surface area contributed by atoms with E-state index in [1.807, 2.05) is 5.48 Å². The van der Waals surface area contributed by atoms with Crippen LogP contribution in [-0.2, 0) is 9.63 Å². The number of aromatic amines is 1. The van der Waals surface area contributed by atoms with Crippen LogP contribution in [-0.4, -0.2) is 38.8 Å². The van der Waals surface area contributed by atoms with Crippen molar-refractivity contribution in [1.82, 2.24) is 20.7 Å². The van der Waals surface area contributed by atoms with Gasteiger partial charge in [-0.2, -0.15) is 0 Å². The van der Waals surface area contributed by atoms with Crippen LogP contribution in [0.15, 0.2) is 0 Å². The third-order valence-electron chi connectivity index (χ3n) is 1.16. The fourth-order valence-electron chi connectivity index (χ4n) is 0.653. The first kappa shape index (κ1) is 10.1. The van der Waals surface area contributed by atoms with Gasteiger partial charge < -0.3 is 5.11 Å². The molecular weight excluding hydrogens is 192 g/mol. The molecule has 1 heterocycles. The molecule has 0 bridgehead atoms.